The van der Waals surface area contributed by atoms with Crippen molar-refractivity contribution >= 4 is 11.8 Å². The highest BCUT2D eigenvalue weighted by atomic mass is 16.2. The lowest BCUT2D eigenvalue weighted by atomic mass is 9.87. The Kier molecular flexibility index (Phi) is 3.57. The average Bonchev–Trinajstić information content (AvgIpc) is 2.48. The third kappa shape index (κ3) is 2.48. The number of nitrogens with one attached hydrogen (secondary N) is 1. The molecule has 0 bridgehead atoms. The molecule has 0 saturated carbocycles. The Morgan fingerprint density at radius 1 is 1.10 bits per heavy atom. The predicted octanol–water partition coefficient (Wildman–Crippen LogP) is 1.28. The molecule has 1 fully saturated rings. The second kappa shape index (κ2) is 5.37. The molecule has 1 heterocycles. The van der Waals surface area contributed by atoms with Gasteiger partial charge in [-0.2, -0.15) is 0 Å². The summed E-state index contributed by atoms with van der Waals surface area (Å²) >= 11 is 0. The second-order valence-corrected chi connectivity index (χ2v) is 5.76. The van der Waals surface area contributed by atoms with Crippen LogP contribution >= 0.6 is 0 Å². The normalized spacial score (nSPS) is 26.6. The Bertz CT molecular complexity index is 541. The molecule has 0 aromatic heterocycles. The number of fused-ring (bicyclic) bond motifs is 1. The van der Waals surface area contributed by atoms with Crippen LogP contribution in [-0.2, 0) is 22.4 Å². The zero-order chi connectivity index (χ0) is 14.1. The second-order valence-electron chi connectivity index (χ2n) is 5.76. The molecule has 4 heteroatoms. The van der Waals surface area contributed by atoms with Crippen LogP contribution in [0.4, 0.5) is 0 Å². The first-order valence-corrected chi connectivity index (χ1v) is 7.28. The van der Waals surface area contributed by atoms with E-state index in [4.69, 9.17) is 0 Å². The monoisotopic (exact) mass is 272 g/mol. The van der Waals surface area contributed by atoms with Gasteiger partial charge >= 0.3 is 0 Å². The number of carbonyl (C=O) groups excluding carboxylic acids is 2. The van der Waals surface area contributed by atoms with Crippen LogP contribution in [0, 0.1) is 0 Å². The maximum Gasteiger partial charge on any atom is 0.246 e. The summed E-state index contributed by atoms with van der Waals surface area (Å²) < 4.78 is 0. The molecule has 2 unspecified atom stereocenters. The van der Waals surface area contributed by atoms with Gasteiger partial charge in [-0.05, 0) is 36.8 Å². The molecule has 2 atom stereocenters. The van der Waals surface area contributed by atoms with E-state index in [9.17, 15) is 9.59 Å². The lowest BCUT2D eigenvalue weighted by Gasteiger charge is -2.33. The van der Waals surface area contributed by atoms with E-state index in [2.05, 4.69) is 29.6 Å². The summed E-state index contributed by atoms with van der Waals surface area (Å²) in [6, 6.07) is 8.64. The molecule has 20 heavy (non-hydrogen) atoms. The first kappa shape index (κ1) is 13.3. The molecule has 0 radical (unpaired) electrons. The van der Waals surface area contributed by atoms with E-state index in [0.29, 0.717) is 18.9 Å². The van der Waals surface area contributed by atoms with E-state index in [-0.39, 0.29) is 17.9 Å². The first-order valence-electron chi connectivity index (χ1n) is 7.28. The van der Waals surface area contributed by atoms with Crippen LogP contribution in [-0.4, -0.2) is 35.8 Å². The molecular weight excluding hydrogens is 252 g/mol. The minimum atomic E-state index is -0.201. The Labute approximate surface area is 119 Å². The molecule has 2 aliphatic rings. The molecule has 2 amide bonds. The van der Waals surface area contributed by atoms with Crippen molar-refractivity contribution in [1.29, 1.82) is 0 Å². The van der Waals surface area contributed by atoms with Crippen LogP contribution in [0.25, 0.3) is 0 Å². The number of aryl methyl sites for hydroxylation is 1. The zero-order valence-corrected chi connectivity index (χ0v) is 11.8. The third-order valence-corrected chi connectivity index (χ3v) is 4.43. The molecule has 1 aromatic carbocycles. The van der Waals surface area contributed by atoms with Gasteiger partial charge in [0, 0.05) is 19.5 Å². The van der Waals surface area contributed by atoms with Gasteiger partial charge in [0.15, 0.2) is 0 Å². The number of hydrogen-bond acceptors (Lipinski definition) is 3. The number of rotatable bonds is 2. The van der Waals surface area contributed by atoms with Crippen LogP contribution in [0.2, 0.25) is 0 Å². The van der Waals surface area contributed by atoms with E-state index < -0.39 is 0 Å². The SMILES string of the molecule is CN1C(=O)CCC(NC2CCc3ccccc3C2)C1=O. The number of likely N-dealkylation sites (N-methyl/N-ethyl adjacent to an activating group) is 1. The van der Waals surface area contributed by atoms with E-state index in [1.807, 2.05) is 0 Å². The smallest absolute Gasteiger partial charge is 0.246 e. The van der Waals surface area contributed by atoms with Crippen LogP contribution in [0.3, 0.4) is 0 Å². The number of carbonyl (C=O) groups is 2. The van der Waals surface area contributed by atoms with Gasteiger partial charge in [0.2, 0.25) is 11.8 Å². The minimum absolute atomic E-state index is 0.0676. The van der Waals surface area contributed by atoms with E-state index in [0.717, 1.165) is 19.3 Å². The summed E-state index contributed by atoms with van der Waals surface area (Å²) in [5.41, 5.74) is 2.80. The number of amides is 2. The summed E-state index contributed by atoms with van der Waals surface area (Å²) in [6.07, 6.45) is 4.17. The average molecular weight is 272 g/mol. The molecule has 106 valence electrons. The van der Waals surface area contributed by atoms with Crippen molar-refractivity contribution in [1.82, 2.24) is 10.2 Å². The van der Waals surface area contributed by atoms with Crippen molar-refractivity contribution < 1.29 is 9.59 Å². The number of benzene rings is 1. The molecule has 1 aliphatic heterocycles. The summed E-state index contributed by atoms with van der Waals surface area (Å²) in [7, 11) is 1.58. The number of imide groups is 1. The van der Waals surface area contributed by atoms with Crippen molar-refractivity contribution in [3.05, 3.63) is 35.4 Å². The predicted molar refractivity (Wildman–Crippen MR) is 76.2 cm³/mol. The largest absolute Gasteiger partial charge is 0.303 e. The molecule has 1 aliphatic carbocycles. The van der Waals surface area contributed by atoms with Gasteiger partial charge in [-0.25, -0.2) is 0 Å². The number of nitrogens with zero attached hydrogens (tertiary/aromatic N) is 1. The Balaban J connectivity index is 1.65. The van der Waals surface area contributed by atoms with Crippen LogP contribution in [0.5, 0.6) is 0 Å². The number of piperidine rings is 1. The quantitative estimate of drug-likeness (QED) is 0.825. The molecule has 3 rings (SSSR count). The van der Waals surface area contributed by atoms with Crippen LogP contribution < -0.4 is 5.32 Å². The van der Waals surface area contributed by atoms with Crippen molar-refractivity contribution in [2.24, 2.45) is 0 Å². The maximum absolute atomic E-state index is 12.1. The van der Waals surface area contributed by atoms with Gasteiger partial charge in [0.05, 0.1) is 6.04 Å². The van der Waals surface area contributed by atoms with Crippen molar-refractivity contribution in [2.75, 3.05) is 7.05 Å². The van der Waals surface area contributed by atoms with E-state index >= 15 is 0 Å². The summed E-state index contributed by atoms with van der Waals surface area (Å²) in [5.74, 6) is -0.151. The minimum Gasteiger partial charge on any atom is -0.303 e. The maximum atomic E-state index is 12.1. The standard InChI is InChI=1S/C16H20N2O2/c1-18-15(19)9-8-14(16(18)20)17-13-7-6-11-4-2-3-5-12(11)10-13/h2-5,13-14,17H,6-10H2,1H3. The lowest BCUT2D eigenvalue weighted by Crippen LogP contribution is -2.54. The van der Waals surface area contributed by atoms with E-state index in [1.54, 1.807) is 7.05 Å². The summed E-state index contributed by atoms with van der Waals surface area (Å²) in [4.78, 5) is 24.8. The van der Waals surface area contributed by atoms with Gasteiger partial charge in [-0.1, -0.05) is 24.3 Å². The topological polar surface area (TPSA) is 49.4 Å². The zero-order valence-electron chi connectivity index (χ0n) is 11.8. The molecule has 4 nitrogen and oxygen atoms in total. The highest BCUT2D eigenvalue weighted by molar-refractivity contribution is 6.00. The highest BCUT2D eigenvalue weighted by Crippen LogP contribution is 2.22. The number of likely N-dealkylation sites (tertiary alicyclic amines) is 1. The first-order chi connectivity index (χ1) is 9.65. The van der Waals surface area contributed by atoms with Crippen LogP contribution in [0.1, 0.15) is 30.4 Å². The van der Waals surface area contributed by atoms with Crippen LogP contribution in [0.15, 0.2) is 24.3 Å². The Morgan fingerprint density at radius 2 is 1.85 bits per heavy atom. The van der Waals surface area contributed by atoms with Gasteiger partial charge < -0.3 is 5.32 Å². The van der Waals surface area contributed by atoms with Gasteiger partial charge in [0.1, 0.15) is 0 Å². The molecule has 1 saturated heterocycles. The molecule has 0 spiro atoms. The molecular formula is C16H20N2O2. The van der Waals surface area contributed by atoms with Crippen molar-refractivity contribution in [2.45, 2.75) is 44.2 Å². The summed E-state index contributed by atoms with van der Waals surface area (Å²) in [5, 5.41) is 3.46. The lowest BCUT2D eigenvalue weighted by molar-refractivity contribution is -0.148. The fourth-order valence-electron chi connectivity index (χ4n) is 3.19. The van der Waals surface area contributed by atoms with Crippen molar-refractivity contribution in [3.63, 3.8) is 0 Å². The fraction of sp³-hybridized carbons (Fsp3) is 0.500. The fourth-order valence-corrected chi connectivity index (χ4v) is 3.19. The molecule has 1 aromatic rings. The molecule has 1 N–H and O–H groups in total. The Morgan fingerprint density at radius 3 is 2.65 bits per heavy atom. The van der Waals surface area contributed by atoms with Gasteiger partial charge in [-0.15, -0.1) is 0 Å². The number of hydrogen-bond donors (Lipinski definition) is 1. The highest BCUT2D eigenvalue weighted by Gasteiger charge is 2.33. The van der Waals surface area contributed by atoms with Gasteiger partial charge in [0.25, 0.3) is 0 Å². The third-order valence-electron chi connectivity index (χ3n) is 4.43. The Hall–Kier alpha value is -1.68. The van der Waals surface area contributed by atoms with E-state index in [1.165, 1.54) is 16.0 Å². The summed E-state index contributed by atoms with van der Waals surface area (Å²) in [6.45, 7) is 0. The van der Waals surface area contributed by atoms with Crippen molar-refractivity contribution in [3.8, 4) is 0 Å². The van der Waals surface area contributed by atoms with Gasteiger partial charge in [-0.3, -0.25) is 14.5 Å².